The summed E-state index contributed by atoms with van der Waals surface area (Å²) in [5.74, 6) is 0.538. The minimum Gasteiger partial charge on any atom is -0.497 e. The summed E-state index contributed by atoms with van der Waals surface area (Å²) in [6.45, 7) is 6.79. The van der Waals surface area contributed by atoms with Crippen molar-refractivity contribution in [2.75, 3.05) is 7.11 Å². The monoisotopic (exact) mass is 353 g/mol. The average molecular weight is 353 g/mol. The Morgan fingerprint density at radius 3 is 2.88 bits per heavy atom. The molecular weight excluding hydrogens is 330 g/mol. The normalized spacial score (nSPS) is 12.0. The number of methoxy groups -OCH3 is 1. The maximum atomic E-state index is 12.5. The smallest absolute Gasteiger partial charge is 0.269 e. The van der Waals surface area contributed by atoms with Crippen molar-refractivity contribution in [3.05, 3.63) is 53.5 Å². The Balaban J connectivity index is 1.74. The van der Waals surface area contributed by atoms with Crippen molar-refractivity contribution in [3.8, 4) is 17.0 Å². The Hall–Kier alpha value is -3.09. The molecule has 0 bridgehead atoms. The third-order valence-corrected chi connectivity index (χ3v) is 4.44. The fourth-order valence-electron chi connectivity index (χ4n) is 2.93. The van der Waals surface area contributed by atoms with Gasteiger partial charge in [0, 0.05) is 23.4 Å². The fraction of sp³-hybridized carbons (Fsp3) is 0.316. The predicted octanol–water partition coefficient (Wildman–Crippen LogP) is 3.10. The number of ether oxygens (including phenoxy) is 1. The van der Waals surface area contributed by atoms with Crippen LogP contribution in [0.5, 0.6) is 5.75 Å². The average Bonchev–Trinajstić information content (AvgIpc) is 3.28. The molecule has 0 aliphatic carbocycles. The molecule has 1 amide bonds. The number of hydrogen-bond acceptors (Lipinski definition) is 4. The van der Waals surface area contributed by atoms with Crippen LogP contribution in [-0.2, 0) is 6.54 Å². The van der Waals surface area contributed by atoms with Gasteiger partial charge in [0.2, 0.25) is 0 Å². The second kappa shape index (κ2) is 7.43. The maximum Gasteiger partial charge on any atom is 0.269 e. The number of aryl methyl sites for hydroxylation is 1. The first kappa shape index (κ1) is 17.7. The number of aromatic amines is 1. The highest BCUT2D eigenvalue weighted by Crippen LogP contribution is 2.23. The van der Waals surface area contributed by atoms with Crippen molar-refractivity contribution in [3.63, 3.8) is 0 Å². The highest BCUT2D eigenvalue weighted by molar-refractivity contribution is 5.93. The summed E-state index contributed by atoms with van der Waals surface area (Å²) >= 11 is 0. The predicted molar refractivity (Wildman–Crippen MR) is 99.1 cm³/mol. The molecule has 3 rings (SSSR count). The molecule has 2 heterocycles. The molecule has 0 aliphatic rings. The largest absolute Gasteiger partial charge is 0.497 e. The van der Waals surface area contributed by atoms with Gasteiger partial charge in [0.25, 0.3) is 5.91 Å². The van der Waals surface area contributed by atoms with E-state index < -0.39 is 0 Å². The number of carbonyl (C=O) groups excluding carboxylic acids is 1. The van der Waals surface area contributed by atoms with Crippen LogP contribution in [0.4, 0.5) is 0 Å². The van der Waals surface area contributed by atoms with Gasteiger partial charge in [0.1, 0.15) is 11.4 Å². The van der Waals surface area contributed by atoms with Crippen LogP contribution in [0.2, 0.25) is 0 Å². The number of nitrogens with zero attached hydrogens (tertiary/aromatic N) is 3. The number of carbonyl (C=O) groups is 1. The molecule has 1 atom stereocenters. The lowest BCUT2D eigenvalue weighted by Crippen LogP contribution is -2.27. The zero-order valence-electron chi connectivity index (χ0n) is 15.4. The number of rotatable bonds is 6. The van der Waals surface area contributed by atoms with Crippen LogP contribution in [0, 0.1) is 6.92 Å². The van der Waals surface area contributed by atoms with Gasteiger partial charge >= 0.3 is 0 Å². The molecule has 0 fully saturated rings. The highest BCUT2D eigenvalue weighted by Gasteiger charge is 2.18. The lowest BCUT2D eigenvalue weighted by molar-refractivity contribution is 0.0934. The van der Waals surface area contributed by atoms with Gasteiger partial charge in [-0.3, -0.25) is 14.6 Å². The summed E-state index contributed by atoms with van der Waals surface area (Å²) < 4.78 is 7.14. The van der Waals surface area contributed by atoms with Gasteiger partial charge in [0.15, 0.2) is 0 Å². The third kappa shape index (κ3) is 3.46. The minimum atomic E-state index is -0.206. The molecule has 7 nitrogen and oxygen atoms in total. The van der Waals surface area contributed by atoms with Crippen LogP contribution in [0.25, 0.3) is 11.3 Å². The molecule has 1 unspecified atom stereocenters. The summed E-state index contributed by atoms with van der Waals surface area (Å²) in [7, 11) is 1.62. The number of benzene rings is 1. The molecule has 3 aromatic rings. The van der Waals surface area contributed by atoms with Crippen molar-refractivity contribution in [2.45, 2.75) is 33.4 Å². The van der Waals surface area contributed by atoms with Gasteiger partial charge < -0.3 is 10.1 Å². The van der Waals surface area contributed by atoms with E-state index in [1.807, 2.05) is 49.7 Å². The van der Waals surface area contributed by atoms with E-state index in [-0.39, 0.29) is 11.9 Å². The van der Waals surface area contributed by atoms with Crippen LogP contribution in [0.1, 0.15) is 41.6 Å². The number of hydrogen-bond donors (Lipinski definition) is 2. The van der Waals surface area contributed by atoms with Gasteiger partial charge in [0.05, 0.1) is 25.0 Å². The standard InChI is InChI=1S/C19H23N5O2/c1-5-24-13(3)16(11-20-24)12(2)21-19(25)18-10-17(22-23-18)14-7-6-8-15(9-14)26-4/h6-12H,5H2,1-4H3,(H,21,25)(H,22,23). The maximum absolute atomic E-state index is 12.5. The lowest BCUT2D eigenvalue weighted by Gasteiger charge is -2.13. The zero-order valence-corrected chi connectivity index (χ0v) is 15.4. The fourth-order valence-corrected chi connectivity index (χ4v) is 2.93. The molecule has 136 valence electrons. The number of amides is 1. The first-order valence-electron chi connectivity index (χ1n) is 8.56. The van der Waals surface area contributed by atoms with Crippen molar-refractivity contribution >= 4 is 5.91 Å². The Labute approximate surface area is 152 Å². The molecule has 26 heavy (non-hydrogen) atoms. The van der Waals surface area contributed by atoms with E-state index in [1.165, 1.54) is 0 Å². The molecule has 7 heteroatoms. The van der Waals surface area contributed by atoms with Crippen molar-refractivity contribution in [2.24, 2.45) is 0 Å². The van der Waals surface area contributed by atoms with Crippen LogP contribution in [0.15, 0.2) is 36.5 Å². The van der Waals surface area contributed by atoms with Gasteiger partial charge in [-0.1, -0.05) is 12.1 Å². The lowest BCUT2D eigenvalue weighted by atomic mass is 10.1. The van der Waals surface area contributed by atoms with E-state index in [0.717, 1.165) is 29.1 Å². The van der Waals surface area contributed by atoms with E-state index in [2.05, 4.69) is 20.6 Å². The molecule has 2 N–H and O–H groups in total. The Morgan fingerprint density at radius 2 is 2.19 bits per heavy atom. The second-order valence-corrected chi connectivity index (χ2v) is 6.10. The Kier molecular flexibility index (Phi) is 5.06. The van der Waals surface area contributed by atoms with Crippen LogP contribution in [0.3, 0.4) is 0 Å². The summed E-state index contributed by atoms with van der Waals surface area (Å²) in [4.78, 5) is 12.5. The van der Waals surface area contributed by atoms with Gasteiger partial charge in [-0.2, -0.15) is 10.2 Å². The molecular formula is C19H23N5O2. The molecule has 0 spiro atoms. The van der Waals surface area contributed by atoms with Crippen molar-refractivity contribution in [1.82, 2.24) is 25.3 Å². The number of aromatic nitrogens is 4. The number of nitrogens with one attached hydrogen (secondary N) is 2. The first-order chi connectivity index (χ1) is 12.5. The summed E-state index contributed by atoms with van der Waals surface area (Å²) in [6, 6.07) is 9.14. The van der Waals surface area contributed by atoms with E-state index in [9.17, 15) is 4.79 Å². The molecule has 0 aliphatic heterocycles. The van der Waals surface area contributed by atoms with Crippen LogP contribution >= 0.6 is 0 Å². The molecule has 0 saturated heterocycles. The van der Waals surface area contributed by atoms with Crippen molar-refractivity contribution in [1.29, 1.82) is 0 Å². The zero-order chi connectivity index (χ0) is 18.7. The van der Waals surface area contributed by atoms with Gasteiger partial charge in [-0.15, -0.1) is 0 Å². The minimum absolute atomic E-state index is 0.147. The Morgan fingerprint density at radius 1 is 1.38 bits per heavy atom. The van der Waals surface area contributed by atoms with Crippen LogP contribution in [-0.4, -0.2) is 33.0 Å². The molecule has 1 aromatic carbocycles. The second-order valence-electron chi connectivity index (χ2n) is 6.10. The summed E-state index contributed by atoms with van der Waals surface area (Å²) in [6.07, 6.45) is 1.80. The first-order valence-corrected chi connectivity index (χ1v) is 8.56. The third-order valence-electron chi connectivity index (χ3n) is 4.44. The molecule has 2 aromatic heterocycles. The van der Waals surface area contributed by atoms with Gasteiger partial charge in [-0.25, -0.2) is 0 Å². The molecule has 0 radical (unpaired) electrons. The Bertz CT molecular complexity index is 912. The summed E-state index contributed by atoms with van der Waals surface area (Å²) in [5.41, 5.74) is 4.05. The molecule has 0 saturated carbocycles. The summed E-state index contributed by atoms with van der Waals surface area (Å²) in [5, 5.41) is 14.4. The topological polar surface area (TPSA) is 84.8 Å². The van der Waals surface area contributed by atoms with E-state index in [0.29, 0.717) is 11.4 Å². The highest BCUT2D eigenvalue weighted by atomic mass is 16.5. The van der Waals surface area contributed by atoms with Gasteiger partial charge in [-0.05, 0) is 39.0 Å². The van der Waals surface area contributed by atoms with E-state index in [4.69, 9.17) is 4.74 Å². The van der Waals surface area contributed by atoms with Crippen molar-refractivity contribution < 1.29 is 9.53 Å². The quantitative estimate of drug-likeness (QED) is 0.713. The van der Waals surface area contributed by atoms with Crippen LogP contribution < -0.4 is 10.1 Å². The van der Waals surface area contributed by atoms with E-state index >= 15 is 0 Å². The van der Waals surface area contributed by atoms with E-state index in [1.54, 1.807) is 19.4 Å². The number of H-pyrrole nitrogens is 1. The SMILES string of the molecule is CCn1ncc(C(C)NC(=O)c2cc(-c3cccc(OC)c3)n[nH]2)c1C.